The van der Waals surface area contributed by atoms with E-state index in [0.29, 0.717) is 11.8 Å². The maximum atomic E-state index is 5.21. The summed E-state index contributed by atoms with van der Waals surface area (Å²) in [6.07, 6.45) is 4.94. The molecule has 4 nitrogen and oxygen atoms in total. The van der Waals surface area contributed by atoms with Crippen molar-refractivity contribution >= 4 is 23.0 Å². The molecule has 5 rings (SSSR count). The fourth-order valence-corrected chi connectivity index (χ4v) is 5.36. The number of anilines is 4. The van der Waals surface area contributed by atoms with Crippen LogP contribution in [-0.4, -0.2) is 16.1 Å². The quantitative estimate of drug-likeness (QED) is 0.448. The van der Waals surface area contributed by atoms with Crippen molar-refractivity contribution in [3.63, 3.8) is 0 Å². The van der Waals surface area contributed by atoms with Crippen molar-refractivity contribution in [3.05, 3.63) is 84.2 Å². The summed E-state index contributed by atoms with van der Waals surface area (Å²) in [6.45, 7) is 10.8. The topological polar surface area (TPSA) is 32.3 Å². The monoisotopic (exact) mass is 410 g/mol. The van der Waals surface area contributed by atoms with Crippen molar-refractivity contribution < 1.29 is 0 Å². The molecule has 0 saturated heterocycles. The maximum absolute atomic E-state index is 5.21. The molecule has 3 heterocycles. The van der Waals surface area contributed by atoms with Gasteiger partial charge in [0.25, 0.3) is 0 Å². The number of aryl methyl sites for hydroxylation is 2. The number of hydrogen-bond acceptors (Lipinski definition) is 4. The third-order valence-corrected chi connectivity index (χ3v) is 6.83. The SMILES string of the molecule is C=CCC1c2ccccc2N2c3nc(CC)c(CC)nc3N(c3ccccc3)C2C1C. The van der Waals surface area contributed by atoms with Gasteiger partial charge in [0.1, 0.15) is 6.17 Å². The summed E-state index contributed by atoms with van der Waals surface area (Å²) in [5.41, 5.74) is 6.00. The Hall–Kier alpha value is -3.14. The molecule has 0 radical (unpaired) electrons. The molecule has 2 aliphatic rings. The van der Waals surface area contributed by atoms with E-state index in [0.717, 1.165) is 42.3 Å². The smallest absolute Gasteiger partial charge is 0.178 e. The van der Waals surface area contributed by atoms with Crippen molar-refractivity contribution in [2.24, 2.45) is 5.92 Å². The Balaban J connectivity index is 1.79. The highest BCUT2D eigenvalue weighted by Crippen LogP contribution is 2.55. The summed E-state index contributed by atoms with van der Waals surface area (Å²) < 4.78 is 0. The second-order valence-electron chi connectivity index (χ2n) is 8.51. The van der Waals surface area contributed by atoms with Crippen LogP contribution in [0, 0.1) is 5.92 Å². The first-order valence-electron chi connectivity index (χ1n) is 11.4. The predicted molar refractivity (Wildman–Crippen MR) is 128 cm³/mol. The van der Waals surface area contributed by atoms with Gasteiger partial charge in [0, 0.05) is 17.3 Å². The average Bonchev–Trinajstić information content (AvgIpc) is 3.15. The Labute approximate surface area is 185 Å². The van der Waals surface area contributed by atoms with E-state index in [1.54, 1.807) is 0 Å². The zero-order valence-electron chi connectivity index (χ0n) is 18.6. The van der Waals surface area contributed by atoms with E-state index in [1.165, 1.54) is 16.9 Å². The van der Waals surface area contributed by atoms with Gasteiger partial charge in [0.2, 0.25) is 0 Å². The van der Waals surface area contributed by atoms with Crippen molar-refractivity contribution in [1.82, 2.24) is 9.97 Å². The number of rotatable bonds is 5. The Morgan fingerprint density at radius 3 is 2.13 bits per heavy atom. The van der Waals surface area contributed by atoms with Gasteiger partial charge in [-0.05, 0) is 48.9 Å². The van der Waals surface area contributed by atoms with Crippen molar-refractivity contribution in [2.75, 3.05) is 9.80 Å². The van der Waals surface area contributed by atoms with Crippen LogP contribution in [0.2, 0.25) is 0 Å². The zero-order valence-corrected chi connectivity index (χ0v) is 18.6. The first-order valence-corrected chi connectivity index (χ1v) is 11.4. The van der Waals surface area contributed by atoms with E-state index in [-0.39, 0.29) is 6.17 Å². The highest BCUT2D eigenvalue weighted by atomic mass is 15.5. The number of nitrogens with zero attached hydrogens (tertiary/aromatic N) is 4. The van der Waals surface area contributed by atoms with Gasteiger partial charge >= 0.3 is 0 Å². The van der Waals surface area contributed by atoms with Crippen molar-refractivity contribution in [1.29, 1.82) is 0 Å². The van der Waals surface area contributed by atoms with E-state index in [1.807, 2.05) is 0 Å². The zero-order chi connectivity index (χ0) is 21.5. The molecule has 0 aliphatic carbocycles. The molecule has 4 heteroatoms. The average molecular weight is 411 g/mol. The molecule has 0 fully saturated rings. The van der Waals surface area contributed by atoms with Crippen LogP contribution in [0.4, 0.5) is 23.0 Å². The largest absolute Gasteiger partial charge is 0.302 e. The van der Waals surface area contributed by atoms with Crippen LogP contribution >= 0.6 is 0 Å². The summed E-state index contributed by atoms with van der Waals surface area (Å²) in [7, 11) is 0. The Morgan fingerprint density at radius 1 is 0.871 bits per heavy atom. The van der Waals surface area contributed by atoms with Gasteiger partial charge in [-0.25, -0.2) is 9.97 Å². The van der Waals surface area contributed by atoms with Crippen LogP contribution in [-0.2, 0) is 12.8 Å². The first-order chi connectivity index (χ1) is 15.2. The molecule has 31 heavy (non-hydrogen) atoms. The van der Waals surface area contributed by atoms with Crippen LogP contribution in [0.3, 0.4) is 0 Å². The van der Waals surface area contributed by atoms with Crippen LogP contribution < -0.4 is 9.80 Å². The first kappa shape index (κ1) is 19.8. The van der Waals surface area contributed by atoms with Gasteiger partial charge in [-0.2, -0.15) is 0 Å². The Bertz CT molecular complexity index is 1110. The number of aromatic nitrogens is 2. The molecule has 3 unspecified atom stereocenters. The summed E-state index contributed by atoms with van der Waals surface area (Å²) in [6, 6.07) is 19.5. The fraction of sp³-hybridized carbons (Fsp3) is 0.333. The van der Waals surface area contributed by atoms with Gasteiger partial charge in [0.05, 0.1) is 11.4 Å². The standard InChI is InChI=1S/C27H30N4/c1-5-13-20-18(4)27-30(19-14-9-8-10-15-19)25-26(29-23(7-3)22(6-2)28-25)31(27)24-17-12-11-16-21(20)24/h5,8-12,14-18,20,27H,1,6-7,13H2,2-4H3. The minimum Gasteiger partial charge on any atom is -0.302 e. The molecular weight excluding hydrogens is 380 g/mol. The molecule has 3 atom stereocenters. The fourth-order valence-electron chi connectivity index (χ4n) is 5.36. The minimum absolute atomic E-state index is 0.133. The van der Waals surface area contributed by atoms with Gasteiger partial charge in [0.15, 0.2) is 11.6 Å². The van der Waals surface area contributed by atoms with Gasteiger partial charge in [-0.3, -0.25) is 0 Å². The lowest BCUT2D eigenvalue weighted by Crippen LogP contribution is -2.48. The van der Waals surface area contributed by atoms with Crippen LogP contribution in [0.25, 0.3) is 0 Å². The van der Waals surface area contributed by atoms with E-state index in [9.17, 15) is 0 Å². The summed E-state index contributed by atoms with van der Waals surface area (Å²) in [5, 5.41) is 0. The molecular formula is C27H30N4. The molecule has 2 aliphatic heterocycles. The lowest BCUT2D eigenvalue weighted by molar-refractivity contribution is 0.368. The van der Waals surface area contributed by atoms with E-state index < -0.39 is 0 Å². The van der Waals surface area contributed by atoms with Crippen LogP contribution in [0.1, 0.15) is 50.1 Å². The molecule has 0 N–H and O–H groups in total. The van der Waals surface area contributed by atoms with E-state index in [4.69, 9.17) is 9.97 Å². The number of benzene rings is 2. The van der Waals surface area contributed by atoms with E-state index in [2.05, 4.69) is 97.8 Å². The third-order valence-electron chi connectivity index (χ3n) is 6.83. The minimum atomic E-state index is 0.133. The van der Waals surface area contributed by atoms with Crippen LogP contribution in [0.15, 0.2) is 67.3 Å². The lowest BCUT2D eigenvalue weighted by atomic mass is 9.78. The maximum Gasteiger partial charge on any atom is 0.178 e. The Kier molecular flexibility index (Phi) is 5.01. The molecule has 3 aromatic rings. The Morgan fingerprint density at radius 2 is 1.48 bits per heavy atom. The number of allylic oxidation sites excluding steroid dienone is 1. The highest BCUT2D eigenvalue weighted by molar-refractivity contribution is 5.86. The number of hydrogen-bond donors (Lipinski definition) is 0. The van der Waals surface area contributed by atoms with Crippen molar-refractivity contribution in [2.45, 2.75) is 52.1 Å². The summed E-state index contributed by atoms with van der Waals surface area (Å²) in [5.74, 6) is 2.75. The molecule has 1 aromatic heterocycles. The molecule has 0 bridgehead atoms. The molecule has 0 amide bonds. The lowest BCUT2D eigenvalue weighted by Gasteiger charge is -2.45. The number of fused-ring (bicyclic) bond motifs is 5. The van der Waals surface area contributed by atoms with Crippen LogP contribution in [0.5, 0.6) is 0 Å². The predicted octanol–water partition coefficient (Wildman–Crippen LogP) is 6.53. The summed E-state index contributed by atoms with van der Waals surface area (Å²) in [4.78, 5) is 15.3. The molecule has 0 spiro atoms. The summed E-state index contributed by atoms with van der Waals surface area (Å²) >= 11 is 0. The highest BCUT2D eigenvalue weighted by Gasteiger charge is 2.49. The van der Waals surface area contributed by atoms with Gasteiger partial charge in [-0.15, -0.1) is 6.58 Å². The van der Waals surface area contributed by atoms with Gasteiger partial charge in [-0.1, -0.05) is 63.2 Å². The number of para-hydroxylation sites is 2. The second kappa shape index (κ2) is 7.84. The third kappa shape index (κ3) is 2.96. The van der Waals surface area contributed by atoms with Crippen molar-refractivity contribution in [3.8, 4) is 0 Å². The molecule has 158 valence electrons. The molecule has 2 aromatic carbocycles. The molecule has 0 saturated carbocycles. The van der Waals surface area contributed by atoms with E-state index >= 15 is 0 Å². The van der Waals surface area contributed by atoms with Gasteiger partial charge < -0.3 is 9.80 Å². The normalized spacial score (nSPS) is 21.5. The second-order valence-corrected chi connectivity index (χ2v) is 8.51.